The van der Waals surface area contributed by atoms with Gasteiger partial charge in [0.15, 0.2) is 0 Å². The summed E-state index contributed by atoms with van der Waals surface area (Å²) in [5.74, 6) is -0.168. The van der Waals surface area contributed by atoms with E-state index in [1.165, 1.54) is 218 Å². The van der Waals surface area contributed by atoms with Crippen LogP contribution in [0.2, 0.25) is 0 Å². The van der Waals surface area contributed by atoms with Crippen LogP contribution in [0.1, 0.15) is 290 Å². The van der Waals surface area contributed by atoms with Crippen LogP contribution in [0, 0.1) is 0 Å². The number of unbranched alkanes of at least 4 members (excludes halogenated alkanes) is 38. The first kappa shape index (κ1) is 64.2. The standard InChI is InChI=1S/C56H113N2O6P/c1-6-8-10-12-13-14-15-16-17-18-19-20-21-22-23-24-25-26-27-28-29-30-31-32-33-34-35-36-37-38-39-40-41-42-43-44-45-46-48-50-56(60)57-54(55(59)49-47-11-9-7-2)53-64-65(61,62)63-52-51-58(3,4)5/h18-19,54-55,59H,6-17,20-53H2,1-5H3,(H-,57,60,61,62)/b19-18-. The van der Waals surface area contributed by atoms with Gasteiger partial charge in [0.1, 0.15) is 13.2 Å². The van der Waals surface area contributed by atoms with Gasteiger partial charge in [0.25, 0.3) is 7.82 Å². The zero-order valence-electron chi connectivity index (χ0n) is 44.2. The van der Waals surface area contributed by atoms with Gasteiger partial charge in [0, 0.05) is 6.42 Å². The molecule has 8 nitrogen and oxygen atoms in total. The van der Waals surface area contributed by atoms with Gasteiger partial charge in [-0.05, 0) is 38.5 Å². The minimum absolute atomic E-state index is 0.0139. The molecule has 0 aromatic heterocycles. The molecule has 1 amide bonds. The van der Waals surface area contributed by atoms with Crippen LogP contribution in [0.4, 0.5) is 0 Å². The van der Waals surface area contributed by atoms with Crippen LogP contribution < -0.4 is 10.2 Å². The van der Waals surface area contributed by atoms with Gasteiger partial charge in [-0.2, -0.15) is 0 Å². The predicted molar refractivity (Wildman–Crippen MR) is 279 cm³/mol. The summed E-state index contributed by atoms with van der Waals surface area (Å²) < 4.78 is 23.1. The Hall–Kier alpha value is -0.760. The molecule has 0 heterocycles. The fourth-order valence-corrected chi connectivity index (χ4v) is 9.47. The van der Waals surface area contributed by atoms with Crippen LogP contribution in [0.3, 0.4) is 0 Å². The van der Waals surface area contributed by atoms with Gasteiger partial charge in [-0.25, -0.2) is 0 Å². The van der Waals surface area contributed by atoms with Crippen molar-refractivity contribution in [1.82, 2.24) is 5.32 Å². The number of amides is 1. The zero-order valence-corrected chi connectivity index (χ0v) is 45.1. The summed E-state index contributed by atoms with van der Waals surface area (Å²) in [6.45, 7) is 4.62. The van der Waals surface area contributed by atoms with Crippen molar-refractivity contribution >= 4 is 13.7 Å². The molecule has 0 aliphatic heterocycles. The van der Waals surface area contributed by atoms with Crippen molar-refractivity contribution in [3.63, 3.8) is 0 Å². The third-order valence-corrected chi connectivity index (χ3v) is 14.2. The van der Waals surface area contributed by atoms with Crippen LogP contribution in [0.5, 0.6) is 0 Å². The Kier molecular flexibility index (Phi) is 47.7. The Balaban J connectivity index is 3.60. The average Bonchev–Trinajstić information content (AvgIpc) is 3.26. The van der Waals surface area contributed by atoms with E-state index in [0.29, 0.717) is 23.9 Å². The number of nitrogens with zero attached hydrogens (tertiary/aromatic N) is 1. The fourth-order valence-electron chi connectivity index (χ4n) is 8.74. The SMILES string of the molecule is CCCCCCCCCC/C=C\CCCCCCCCCCCCCCCCCCCCCCCCCCCCCC(=O)NC(COP(=O)([O-])OCC[N+](C)(C)C)C(O)CCCCCC. The normalized spacial score (nSPS) is 14.0. The second kappa shape index (κ2) is 48.3. The Morgan fingerprint density at radius 2 is 0.846 bits per heavy atom. The van der Waals surface area contributed by atoms with E-state index in [1.807, 2.05) is 21.1 Å². The number of quaternary nitrogens is 1. The van der Waals surface area contributed by atoms with Gasteiger partial charge in [0.05, 0.1) is 39.9 Å². The van der Waals surface area contributed by atoms with E-state index in [-0.39, 0.29) is 19.1 Å². The van der Waals surface area contributed by atoms with Crippen LogP contribution >= 0.6 is 7.82 Å². The van der Waals surface area contributed by atoms with Crippen LogP contribution in [-0.2, 0) is 18.4 Å². The maximum atomic E-state index is 12.8. The number of aliphatic hydroxyl groups excluding tert-OH is 1. The second-order valence-electron chi connectivity index (χ2n) is 21.0. The third kappa shape index (κ3) is 50.9. The molecule has 0 aromatic carbocycles. The van der Waals surface area contributed by atoms with E-state index in [1.54, 1.807) is 0 Å². The molecular formula is C56H113N2O6P. The summed E-state index contributed by atoms with van der Waals surface area (Å²) in [5.41, 5.74) is 0. The summed E-state index contributed by atoms with van der Waals surface area (Å²) >= 11 is 0. The first-order valence-electron chi connectivity index (χ1n) is 28.5. The number of phosphoric acid groups is 1. The number of phosphoric ester groups is 1. The number of rotatable bonds is 53. The molecule has 2 N–H and O–H groups in total. The van der Waals surface area contributed by atoms with E-state index in [9.17, 15) is 19.4 Å². The summed E-state index contributed by atoms with van der Waals surface area (Å²) in [7, 11) is 1.31. The Morgan fingerprint density at radius 3 is 1.20 bits per heavy atom. The number of carbonyl (C=O) groups excluding carboxylic acids is 1. The van der Waals surface area contributed by atoms with Gasteiger partial charge in [0.2, 0.25) is 5.91 Å². The highest BCUT2D eigenvalue weighted by atomic mass is 31.2. The highest BCUT2D eigenvalue weighted by Crippen LogP contribution is 2.38. The van der Waals surface area contributed by atoms with E-state index < -0.39 is 20.0 Å². The number of nitrogens with one attached hydrogen (secondary N) is 1. The van der Waals surface area contributed by atoms with Crippen LogP contribution in [0.25, 0.3) is 0 Å². The second-order valence-corrected chi connectivity index (χ2v) is 22.4. The fraction of sp³-hybridized carbons (Fsp3) is 0.946. The summed E-state index contributed by atoms with van der Waals surface area (Å²) in [6, 6.07) is -0.792. The van der Waals surface area contributed by atoms with Crippen molar-refractivity contribution in [3.05, 3.63) is 12.2 Å². The molecule has 0 aliphatic carbocycles. The lowest BCUT2D eigenvalue weighted by molar-refractivity contribution is -0.870. The number of carbonyl (C=O) groups is 1. The molecule has 0 aromatic rings. The molecule has 0 bridgehead atoms. The van der Waals surface area contributed by atoms with Gasteiger partial charge >= 0.3 is 0 Å². The highest BCUT2D eigenvalue weighted by molar-refractivity contribution is 7.45. The minimum Gasteiger partial charge on any atom is -0.756 e. The lowest BCUT2D eigenvalue weighted by Gasteiger charge is -2.30. The Bertz CT molecular complexity index is 1070. The summed E-state index contributed by atoms with van der Waals surface area (Å²) in [4.78, 5) is 25.1. The molecule has 65 heavy (non-hydrogen) atoms. The van der Waals surface area contributed by atoms with Crippen molar-refractivity contribution in [3.8, 4) is 0 Å². The van der Waals surface area contributed by atoms with E-state index in [4.69, 9.17) is 9.05 Å². The molecule has 0 saturated heterocycles. The first-order valence-corrected chi connectivity index (χ1v) is 30.0. The van der Waals surface area contributed by atoms with Gasteiger partial charge in [-0.1, -0.05) is 257 Å². The maximum absolute atomic E-state index is 12.8. The molecule has 388 valence electrons. The topological polar surface area (TPSA) is 108 Å². The molecule has 0 rings (SSSR count). The van der Waals surface area contributed by atoms with Crippen molar-refractivity contribution < 1.29 is 32.9 Å². The smallest absolute Gasteiger partial charge is 0.268 e. The third-order valence-electron chi connectivity index (χ3n) is 13.3. The Morgan fingerprint density at radius 1 is 0.523 bits per heavy atom. The monoisotopic (exact) mass is 941 g/mol. The van der Waals surface area contributed by atoms with Crippen LogP contribution in [0.15, 0.2) is 12.2 Å². The van der Waals surface area contributed by atoms with E-state index in [2.05, 4.69) is 31.3 Å². The molecule has 0 radical (unpaired) electrons. The molecule has 0 spiro atoms. The zero-order chi connectivity index (χ0) is 47.8. The van der Waals surface area contributed by atoms with Crippen LogP contribution in [-0.4, -0.2) is 68.5 Å². The lowest BCUT2D eigenvalue weighted by atomic mass is 10.0. The van der Waals surface area contributed by atoms with Crippen molar-refractivity contribution in [2.24, 2.45) is 0 Å². The quantitative estimate of drug-likeness (QED) is 0.0272. The van der Waals surface area contributed by atoms with Gasteiger partial charge in [-0.15, -0.1) is 0 Å². The number of aliphatic hydroxyl groups is 1. The molecule has 3 atom stereocenters. The number of allylic oxidation sites excluding steroid dienone is 2. The molecule has 0 aliphatic rings. The number of hydrogen-bond acceptors (Lipinski definition) is 6. The maximum Gasteiger partial charge on any atom is 0.268 e. The lowest BCUT2D eigenvalue weighted by Crippen LogP contribution is -2.46. The first-order chi connectivity index (χ1) is 31.5. The van der Waals surface area contributed by atoms with Crippen molar-refractivity contribution in [2.75, 3.05) is 40.9 Å². The minimum atomic E-state index is -4.54. The van der Waals surface area contributed by atoms with Gasteiger partial charge < -0.3 is 28.8 Å². The van der Waals surface area contributed by atoms with Gasteiger partial charge in [-0.3, -0.25) is 9.36 Å². The van der Waals surface area contributed by atoms with Crippen molar-refractivity contribution in [2.45, 2.75) is 302 Å². The molecule has 9 heteroatoms. The van der Waals surface area contributed by atoms with E-state index >= 15 is 0 Å². The highest BCUT2D eigenvalue weighted by Gasteiger charge is 2.24. The molecule has 3 unspecified atom stereocenters. The largest absolute Gasteiger partial charge is 0.756 e. The number of hydrogen-bond donors (Lipinski definition) is 2. The Labute approximate surface area is 405 Å². The number of likely N-dealkylation sites (N-methyl/N-ethyl adjacent to an activating group) is 1. The molecular weight excluding hydrogens is 828 g/mol. The van der Waals surface area contributed by atoms with E-state index in [0.717, 1.165) is 44.9 Å². The molecule has 0 fully saturated rings. The molecule has 0 saturated carbocycles. The van der Waals surface area contributed by atoms with Crippen molar-refractivity contribution in [1.29, 1.82) is 0 Å². The summed E-state index contributed by atoms with van der Waals surface area (Å²) in [5, 5.41) is 13.7. The average molecular weight is 942 g/mol. The predicted octanol–water partition coefficient (Wildman–Crippen LogP) is 16.4. The summed E-state index contributed by atoms with van der Waals surface area (Å²) in [6.07, 6.45) is 59.3.